The third kappa shape index (κ3) is 4.13. The molecule has 29 heavy (non-hydrogen) atoms. The van der Waals surface area contributed by atoms with Crippen molar-refractivity contribution in [1.82, 2.24) is 10.3 Å². The van der Waals surface area contributed by atoms with Crippen LogP contribution in [0.5, 0.6) is 0 Å². The van der Waals surface area contributed by atoms with Gasteiger partial charge in [-0.05, 0) is 49.1 Å². The van der Waals surface area contributed by atoms with Gasteiger partial charge in [-0.15, -0.1) is 0 Å². The number of pyridine rings is 1. The molecule has 1 aliphatic carbocycles. The van der Waals surface area contributed by atoms with Crippen LogP contribution in [-0.4, -0.2) is 30.6 Å². The molecule has 0 spiro atoms. The van der Waals surface area contributed by atoms with E-state index in [0.717, 1.165) is 0 Å². The second kappa shape index (κ2) is 7.63. The number of carbonyl (C=O) groups excluding carboxylic acids is 1. The third-order valence-corrected chi connectivity index (χ3v) is 8.10. The number of halogens is 2. The fourth-order valence-corrected chi connectivity index (χ4v) is 5.69. The fourth-order valence-electron chi connectivity index (χ4n) is 3.38. The second-order valence-corrected chi connectivity index (χ2v) is 10.2. The van der Waals surface area contributed by atoms with E-state index in [9.17, 15) is 18.0 Å². The molecule has 9 heteroatoms. The molecule has 2 N–H and O–H groups in total. The number of hydrogen-bond acceptors (Lipinski definition) is 4. The van der Waals surface area contributed by atoms with Crippen LogP contribution in [-0.2, 0) is 14.6 Å². The first-order chi connectivity index (χ1) is 13.8. The van der Waals surface area contributed by atoms with Gasteiger partial charge >= 0.3 is 0 Å². The Morgan fingerprint density at radius 1 is 1.03 bits per heavy atom. The van der Waals surface area contributed by atoms with Crippen molar-refractivity contribution in [2.75, 3.05) is 0 Å². The highest BCUT2D eigenvalue weighted by Crippen LogP contribution is 2.38. The number of aromatic nitrogens is 1. The number of aromatic amines is 1. The number of carbonyl (C=O) groups is 1. The lowest BCUT2D eigenvalue weighted by Gasteiger charge is -2.14. The molecule has 0 radical (unpaired) electrons. The molecule has 1 atom stereocenters. The predicted molar refractivity (Wildman–Crippen MR) is 112 cm³/mol. The number of nitrogens with one attached hydrogen (secondary N) is 2. The van der Waals surface area contributed by atoms with Crippen LogP contribution >= 0.6 is 23.2 Å². The van der Waals surface area contributed by atoms with Gasteiger partial charge in [-0.25, -0.2) is 8.42 Å². The van der Waals surface area contributed by atoms with Gasteiger partial charge in [0.25, 0.3) is 5.56 Å². The Balaban J connectivity index is 1.79. The first-order valence-electron chi connectivity index (χ1n) is 9.20. The predicted octanol–water partition coefficient (Wildman–Crippen LogP) is 3.33. The SMILES string of the molecule is O=C1CC[C@H](/C=C(/c2ccc(S(=O)(=O)C3CC3)c(Cl)c2)c2ccc(Cl)c(=O)[nH]2)N1. The first-order valence-corrected chi connectivity index (χ1v) is 11.5. The van der Waals surface area contributed by atoms with E-state index >= 15 is 0 Å². The van der Waals surface area contributed by atoms with Crippen molar-refractivity contribution < 1.29 is 13.2 Å². The Morgan fingerprint density at radius 2 is 1.79 bits per heavy atom. The lowest BCUT2D eigenvalue weighted by Crippen LogP contribution is -2.23. The van der Waals surface area contributed by atoms with Crippen molar-refractivity contribution in [2.24, 2.45) is 0 Å². The Labute approximate surface area is 177 Å². The van der Waals surface area contributed by atoms with Crippen LogP contribution in [0.3, 0.4) is 0 Å². The highest BCUT2D eigenvalue weighted by molar-refractivity contribution is 7.92. The van der Waals surface area contributed by atoms with E-state index in [4.69, 9.17) is 23.2 Å². The summed E-state index contributed by atoms with van der Waals surface area (Å²) in [4.78, 5) is 26.4. The zero-order valence-corrected chi connectivity index (χ0v) is 17.6. The van der Waals surface area contributed by atoms with Gasteiger partial charge in [0.1, 0.15) is 5.02 Å². The van der Waals surface area contributed by atoms with Crippen LogP contribution in [0.15, 0.2) is 46.1 Å². The molecule has 1 aromatic heterocycles. The van der Waals surface area contributed by atoms with E-state index < -0.39 is 15.4 Å². The van der Waals surface area contributed by atoms with Crippen molar-refractivity contribution in [3.63, 3.8) is 0 Å². The number of benzene rings is 1. The average Bonchev–Trinajstić information content (AvgIpc) is 3.45. The molecular formula is C20H18Cl2N2O4S. The molecule has 1 aliphatic heterocycles. The van der Waals surface area contributed by atoms with Crippen LogP contribution in [0, 0.1) is 0 Å². The zero-order valence-electron chi connectivity index (χ0n) is 15.2. The molecule has 2 aromatic rings. The van der Waals surface area contributed by atoms with E-state index in [1.54, 1.807) is 18.2 Å². The summed E-state index contributed by atoms with van der Waals surface area (Å²) < 4.78 is 25.1. The molecule has 0 unspecified atom stereocenters. The van der Waals surface area contributed by atoms with Crippen molar-refractivity contribution in [1.29, 1.82) is 0 Å². The maximum absolute atomic E-state index is 12.6. The van der Waals surface area contributed by atoms with E-state index in [-0.39, 0.29) is 32.1 Å². The zero-order chi connectivity index (χ0) is 20.8. The van der Waals surface area contributed by atoms with Crippen molar-refractivity contribution in [3.05, 3.63) is 68.1 Å². The van der Waals surface area contributed by atoms with Gasteiger partial charge in [-0.3, -0.25) is 9.59 Å². The largest absolute Gasteiger partial charge is 0.350 e. The fraction of sp³-hybridized carbons (Fsp3) is 0.300. The molecule has 1 saturated carbocycles. The Hall–Kier alpha value is -2.09. The molecule has 1 saturated heterocycles. The lowest BCUT2D eigenvalue weighted by atomic mass is 9.99. The van der Waals surface area contributed by atoms with Gasteiger partial charge in [-0.1, -0.05) is 35.3 Å². The molecule has 1 aromatic carbocycles. The van der Waals surface area contributed by atoms with E-state index in [1.807, 2.05) is 6.08 Å². The molecule has 2 fully saturated rings. The van der Waals surface area contributed by atoms with Crippen molar-refractivity contribution in [3.8, 4) is 0 Å². The van der Waals surface area contributed by atoms with Crippen molar-refractivity contribution >= 4 is 44.5 Å². The van der Waals surface area contributed by atoms with Crippen LogP contribution < -0.4 is 10.9 Å². The van der Waals surface area contributed by atoms with Crippen molar-refractivity contribution in [2.45, 2.75) is 41.9 Å². The number of rotatable bonds is 5. The molecule has 2 aliphatic rings. The van der Waals surface area contributed by atoms with E-state index in [2.05, 4.69) is 10.3 Å². The summed E-state index contributed by atoms with van der Waals surface area (Å²) in [6, 6.07) is 7.69. The van der Waals surface area contributed by atoms with Gasteiger partial charge < -0.3 is 10.3 Å². The van der Waals surface area contributed by atoms with Gasteiger partial charge in [0.2, 0.25) is 5.91 Å². The maximum Gasteiger partial charge on any atom is 0.267 e. The summed E-state index contributed by atoms with van der Waals surface area (Å²) in [7, 11) is -3.43. The minimum Gasteiger partial charge on any atom is -0.350 e. The Kier molecular flexibility index (Phi) is 5.31. The second-order valence-electron chi connectivity index (χ2n) is 7.23. The molecule has 152 valence electrons. The highest BCUT2D eigenvalue weighted by atomic mass is 35.5. The maximum atomic E-state index is 12.6. The number of hydrogen-bond donors (Lipinski definition) is 2. The molecular weight excluding hydrogens is 435 g/mol. The summed E-state index contributed by atoms with van der Waals surface area (Å²) in [5, 5.41) is 2.69. The summed E-state index contributed by atoms with van der Waals surface area (Å²) in [5.74, 6) is -0.0425. The molecule has 4 rings (SSSR count). The number of H-pyrrole nitrogens is 1. The highest BCUT2D eigenvalue weighted by Gasteiger charge is 2.38. The molecule has 2 heterocycles. The van der Waals surface area contributed by atoms with Gasteiger partial charge in [0, 0.05) is 23.7 Å². The minimum absolute atomic E-state index is 0.0425. The minimum atomic E-state index is -3.43. The van der Waals surface area contributed by atoms with Gasteiger partial charge in [0.15, 0.2) is 9.84 Å². The Morgan fingerprint density at radius 3 is 2.38 bits per heavy atom. The first kappa shape index (κ1) is 20.2. The molecule has 1 amide bonds. The summed E-state index contributed by atoms with van der Waals surface area (Å²) in [5.41, 5.74) is 1.31. The molecule has 0 bridgehead atoms. The number of amides is 1. The van der Waals surface area contributed by atoms with E-state index in [1.165, 1.54) is 12.1 Å². The molecule has 6 nitrogen and oxygen atoms in total. The third-order valence-electron chi connectivity index (χ3n) is 5.06. The summed E-state index contributed by atoms with van der Waals surface area (Å²) in [6.45, 7) is 0. The van der Waals surface area contributed by atoms with Crippen LogP contribution in [0.2, 0.25) is 10.0 Å². The lowest BCUT2D eigenvalue weighted by molar-refractivity contribution is -0.119. The number of sulfone groups is 1. The van der Waals surface area contributed by atoms with Gasteiger partial charge in [-0.2, -0.15) is 0 Å². The monoisotopic (exact) mass is 452 g/mol. The topological polar surface area (TPSA) is 96.1 Å². The van der Waals surface area contributed by atoms with E-state index in [0.29, 0.717) is 42.5 Å². The standard InChI is InChI=1S/C20H18Cl2N2O4S/c21-15-5-6-17(24-20(15)26)14(10-12-2-8-19(25)23-12)11-1-7-18(16(22)9-11)29(27,28)13-3-4-13/h1,5-7,9-10,12-13H,2-4,8H2,(H,23,25)(H,24,26)/b14-10-/t12-/m1/s1. The summed E-state index contributed by atoms with van der Waals surface area (Å²) in [6.07, 6.45) is 4.19. The quantitative estimate of drug-likeness (QED) is 0.726. The van der Waals surface area contributed by atoms with Gasteiger partial charge in [0.05, 0.1) is 15.2 Å². The normalized spacial score (nSPS) is 20.0. The smallest absolute Gasteiger partial charge is 0.267 e. The van der Waals surface area contributed by atoms with Crippen LogP contribution in [0.1, 0.15) is 36.9 Å². The average molecular weight is 453 g/mol. The summed E-state index contributed by atoms with van der Waals surface area (Å²) >= 11 is 12.2. The van der Waals surface area contributed by atoms with Crippen LogP contribution in [0.4, 0.5) is 0 Å². The van der Waals surface area contributed by atoms with Crippen LogP contribution in [0.25, 0.3) is 5.57 Å². The Bertz CT molecular complexity index is 1180.